The highest BCUT2D eigenvalue weighted by molar-refractivity contribution is 7.48. The second kappa shape index (κ2) is 12.0. The number of phosphoric acid groups is 1. The van der Waals surface area contributed by atoms with E-state index in [1.54, 1.807) is 13.8 Å². The van der Waals surface area contributed by atoms with Gasteiger partial charge in [-0.2, -0.15) is 0 Å². The third-order valence-corrected chi connectivity index (χ3v) is 5.47. The molecule has 2 rings (SSSR count). The van der Waals surface area contributed by atoms with Crippen molar-refractivity contribution in [2.24, 2.45) is 0 Å². The van der Waals surface area contributed by atoms with E-state index in [0.29, 0.717) is 0 Å². The van der Waals surface area contributed by atoms with Crippen molar-refractivity contribution < 1.29 is 32.4 Å². The Morgan fingerprint density at radius 1 is 0.897 bits per heavy atom. The number of halogens is 1. The first-order valence-corrected chi connectivity index (χ1v) is 11.0. The lowest BCUT2D eigenvalue weighted by Crippen LogP contribution is -2.28. The molecule has 0 saturated carbocycles. The molecule has 2 atom stereocenters. The van der Waals surface area contributed by atoms with Gasteiger partial charge in [0.25, 0.3) is 0 Å². The zero-order valence-corrected chi connectivity index (χ0v) is 17.9. The van der Waals surface area contributed by atoms with Crippen LogP contribution in [-0.2, 0) is 40.8 Å². The van der Waals surface area contributed by atoms with Gasteiger partial charge in [-0.25, -0.2) is 9.36 Å². The van der Waals surface area contributed by atoms with Crippen molar-refractivity contribution >= 4 is 25.6 Å². The first-order chi connectivity index (χ1) is 13.9. The molecule has 2 aromatic carbocycles. The van der Waals surface area contributed by atoms with Crippen molar-refractivity contribution in [2.45, 2.75) is 39.3 Å². The zero-order chi connectivity index (χ0) is 21.1. The second-order valence-electron chi connectivity index (χ2n) is 6.10. The second-order valence-corrected chi connectivity index (χ2v) is 7.94. The lowest BCUT2D eigenvalue weighted by atomic mass is 10.2. The molecule has 0 radical (unpaired) electrons. The summed E-state index contributed by atoms with van der Waals surface area (Å²) >= 11 is 5.33. The number of carbonyl (C=O) groups is 1. The number of benzene rings is 2. The molecular weight excluding hydrogens is 419 g/mol. The van der Waals surface area contributed by atoms with Gasteiger partial charge in [0.05, 0.1) is 13.2 Å². The Balaban J connectivity index is 2.03. The SMILES string of the molecule is C[C@H](OP(=O)(OCc1ccccc1)OCc1ccccc1)[C@@H](C)OC(=O)OCCl. The average molecular weight is 443 g/mol. The zero-order valence-electron chi connectivity index (χ0n) is 16.2. The van der Waals surface area contributed by atoms with E-state index in [1.807, 2.05) is 60.7 Å². The maximum absolute atomic E-state index is 13.2. The van der Waals surface area contributed by atoms with Crippen LogP contribution in [0.15, 0.2) is 60.7 Å². The monoisotopic (exact) mass is 442 g/mol. The third kappa shape index (κ3) is 8.56. The fraction of sp³-hybridized carbons (Fsp3) is 0.350. The van der Waals surface area contributed by atoms with Crippen molar-refractivity contribution in [3.8, 4) is 0 Å². The number of hydrogen-bond donors (Lipinski definition) is 0. The predicted molar refractivity (Wildman–Crippen MR) is 108 cm³/mol. The molecular formula is C20H24ClO7P. The molecule has 0 aromatic heterocycles. The molecule has 0 N–H and O–H groups in total. The molecule has 0 spiro atoms. The van der Waals surface area contributed by atoms with Gasteiger partial charge < -0.3 is 9.47 Å². The fourth-order valence-electron chi connectivity index (χ4n) is 2.17. The average Bonchev–Trinajstić information content (AvgIpc) is 2.72. The molecule has 0 aliphatic carbocycles. The number of carbonyl (C=O) groups excluding carboxylic acids is 1. The molecule has 0 amide bonds. The van der Waals surface area contributed by atoms with Crippen molar-refractivity contribution in [1.82, 2.24) is 0 Å². The normalized spacial score (nSPS) is 13.5. The number of rotatable bonds is 11. The number of ether oxygens (including phenoxy) is 2. The molecule has 9 heteroatoms. The van der Waals surface area contributed by atoms with Gasteiger partial charge in [0, 0.05) is 0 Å². The summed E-state index contributed by atoms with van der Waals surface area (Å²) in [6, 6.07) is 18.1. The molecule has 0 heterocycles. The lowest BCUT2D eigenvalue weighted by molar-refractivity contribution is -0.0209. The van der Waals surface area contributed by atoms with Crippen molar-refractivity contribution in [1.29, 1.82) is 0 Å². The van der Waals surface area contributed by atoms with Crippen molar-refractivity contribution in [3.63, 3.8) is 0 Å². The van der Waals surface area contributed by atoms with Gasteiger partial charge in [0.2, 0.25) is 0 Å². The van der Waals surface area contributed by atoms with Crippen LogP contribution in [0.4, 0.5) is 4.79 Å². The van der Waals surface area contributed by atoms with Crippen molar-refractivity contribution in [2.75, 3.05) is 6.07 Å². The Hall–Kier alpha value is -1.89. The molecule has 158 valence electrons. The van der Waals surface area contributed by atoms with E-state index in [-0.39, 0.29) is 19.3 Å². The van der Waals surface area contributed by atoms with Gasteiger partial charge in [0.15, 0.2) is 6.07 Å². The number of alkyl halides is 1. The summed E-state index contributed by atoms with van der Waals surface area (Å²) in [6.45, 7) is 3.22. The lowest BCUT2D eigenvalue weighted by Gasteiger charge is -2.25. The molecule has 0 aliphatic heterocycles. The van der Waals surface area contributed by atoms with E-state index in [0.717, 1.165) is 11.1 Å². The summed E-state index contributed by atoms with van der Waals surface area (Å²) in [6.07, 6.45) is -2.52. The van der Waals surface area contributed by atoms with E-state index in [1.165, 1.54) is 0 Å². The molecule has 0 bridgehead atoms. The Morgan fingerprint density at radius 2 is 1.38 bits per heavy atom. The van der Waals surface area contributed by atoms with Crippen LogP contribution in [0.5, 0.6) is 0 Å². The maximum atomic E-state index is 13.2. The highest BCUT2D eigenvalue weighted by Gasteiger charge is 2.33. The summed E-state index contributed by atoms with van der Waals surface area (Å²) in [7, 11) is -3.98. The van der Waals surface area contributed by atoms with Crippen LogP contribution < -0.4 is 0 Å². The molecule has 0 fully saturated rings. The number of hydrogen-bond acceptors (Lipinski definition) is 7. The van der Waals surface area contributed by atoms with Gasteiger partial charge in [-0.3, -0.25) is 13.6 Å². The molecule has 0 aliphatic rings. The highest BCUT2D eigenvalue weighted by atomic mass is 35.5. The minimum atomic E-state index is -3.98. The van der Waals surface area contributed by atoms with Crippen molar-refractivity contribution in [3.05, 3.63) is 71.8 Å². The summed E-state index contributed by atoms with van der Waals surface area (Å²) in [4.78, 5) is 11.4. The van der Waals surface area contributed by atoms with Crippen LogP contribution in [0.2, 0.25) is 0 Å². The first-order valence-electron chi connectivity index (χ1n) is 8.96. The topological polar surface area (TPSA) is 80.3 Å². The highest BCUT2D eigenvalue weighted by Crippen LogP contribution is 2.52. The first kappa shape index (κ1) is 23.4. The van der Waals surface area contributed by atoms with Crippen LogP contribution in [0.1, 0.15) is 25.0 Å². The molecule has 29 heavy (non-hydrogen) atoms. The van der Waals surface area contributed by atoms with Crippen LogP contribution in [0.25, 0.3) is 0 Å². The minimum Gasteiger partial charge on any atom is -0.428 e. The molecule has 0 unspecified atom stereocenters. The van der Waals surface area contributed by atoms with E-state index >= 15 is 0 Å². The fourth-order valence-corrected chi connectivity index (χ4v) is 3.65. The van der Waals surface area contributed by atoms with Gasteiger partial charge in [-0.1, -0.05) is 72.3 Å². The van der Waals surface area contributed by atoms with E-state index < -0.39 is 26.2 Å². The van der Waals surface area contributed by atoms with E-state index in [2.05, 4.69) is 4.74 Å². The van der Waals surface area contributed by atoms with Crippen LogP contribution in [-0.4, -0.2) is 24.4 Å². The van der Waals surface area contributed by atoms with E-state index in [4.69, 9.17) is 29.9 Å². The smallest absolute Gasteiger partial charge is 0.428 e. The summed E-state index contributed by atoms with van der Waals surface area (Å²) < 4.78 is 39.4. The molecule has 2 aromatic rings. The Kier molecular flexibility index (Phi) is 9.64. The predicted octanol–water partition coefficient (Wildman–Crippen LogP) is 5.67. The van der Waals surface area contributed by atoms with Crippen LogP contribution >= 0.6 is 19.4 Å². The Bertz CT molecular complexity index is 740. The van der Waals surface area contributed by atoms with Crippen LogP contribution in [0, 0.1) is 0 Å². The minimum absolute atomic E-state index is 0.0309. The third-order valence-electron chi connectivity index (χ3n) is 3.88. The largest absolute Gasteiger partial charge is 0.509 e. The quantitative estimate of drug-likeness (QED) is 0.252. The summed E-state index contributed by atoms with van der Waals surface area (Å²) in [5.41, 5.74) is 1.62. The number of phosphoric ester groups is 1. The Labute approximate surface area is 175 Å². The van der Waals surface area contributed by atoms with Gasteiger partial charge in [-0.05, 0) is 25.0 Å². The standard InChI is InChI=1S/C20H24ClO7P/c1-16(27-20(22)24-15-21)17(2)28-29(23,25-13-18-9-5-3-6-10-18)26-14-19-11-7-4-8-12-19/h3-12,16-17H,13-15H2,1-2H3/t16-,17+/m1/s1. The van der Waals surface area contributed by atoms with Gasteiger partial charge in [-0.15, -0.1) is 0 Å². The van der Waals surface area contributed by atoms with Crippen LogP contribution in [0.3, 0.4) is 0 Å². The maximum Gasteiger partial charge on any atom is 0.509 e. The molecule has 7 nitrogen and oxygen atoms in total. The molecule has 0 saturated heterocycles. The van der Waals surface area contributed by atoms with Gasteiger partial charge in [0.1, 0.15) is 12.2 Å². The van der Waals surface area contributed by atoms with Gasteiger partial charge >= 0.3 is 14.0 Å². The Morgan fingerprint density at radius 3 is 1.83 bits per heavy atom. The summed E-state index contributed by atoms with van der Waals surface area (Å²) in [5.74, 6) is 0. The van der Waals surface area contributed by atoms with E-state index in [9.17, 15) is 9.36 Å². The summed E-state index contributed by atoms with van der Waals surface area (Å²) in [5, 5.41) is 0.